The third kappa shape index (κ3) is 2.71. The van der Waals surface area contributed by atoms with Crippen molar-refractivity contribution in [1.29, 1.82) is 5.26 Å². The Morgan fingerprint density at radius 2 is 2.03 bits per heavy atom. The first-order chi connectivity index (χ1) is 14.4. The lowest BCUT2D eigenvalue weighted by molar-refractivity contribution is -0.142. The Bertz CT molecular complexity index is 1180. The van der Waals surface area contributed by atoms with E-state index < -0.39 is 23.1 Å². The first-order valence-corrected chi connectivity index (χ1v) is 9.01. The van der Waals surface area contributed by atoms with Crippen molar-refractivity contribution in [2.75, 3.05) is 5.32 Å². The molecule has 2 aliphatic heterocycles. The van der Waals surface area contributed by atoms with E-state index in [-0.39, 0.29) is 40.6 Å². The summed E-state index contributed by atoms with van der Waals surface area (Å²) in [5.74, 6) is -2.55. The fourth-order valence-corrected chi connectivity index (χ4v) is 3.84. The zero-order valence-corrected chi connectivity index (χ0v) is 15.9. The van der Waals surface area contributed by atoms with Crippen LogP contribution in [0.1, 0.15) is 18.1 Å². The zero-order valence-electron chi connectivity index (χ0n) is 15.9. The number of carbonyl (C=O) groups excluding carboxylic acids is 2. The van der Waals surface area contributed by atoms with Gasteiger partial charge in [0.15, 0.2) is 5.41 Å². The van der Waals surface area contributed by atoms with E-state index in [1.165, 1.54) is 19.1 Å². The molecule has 30 heavy (non-hydrogen) atoms. The average molecular weight is 405 g/mol. The van der Waals surface area contributed by atoms with Crippen molar-refractivity contribution in [3.63, 3.8) is 0 Å². The summed E-state index contributed by atoms with van der Waals surface area (Å²) in [7, 11) is 0. The number of halogens is 1. The minimum atomic E-state index is -1.97. The van der Waals surface area contributed by atoms with Crippen LogP contribution in [0.25, 0.3) is 0 Å². The fraction of sp³-hybridized carbons (Fsp3) is 0.136. The number of carbonyl (C=O) groups is 2. The number of hydrogen-bond acceptors (Lipinski definition) is 6. The topological polar surface area (TPSA) is 114 Å². The summed E-state index contributed by atoms with van der Waals surface area (Å²) < 4.78 is 24.9. The Balaban J connectivity index is 1.86. The molecule has 1 atom stereocenters. The third-order valence-electron chi connectivity index (χ3n) is 5.11. The number of benzene rings is 2. The fourth-order valence-electron chi connectivity index (χ4n) is 3.84. The molecule has 0 aliphatic carbocycles. The van der Waals surface area contributed by atoms with Crippen molar-refractivity contribution in [2.24, 2.45) is 5.73 Å². The number of anilines is 1. The van der Waals surface area contributed by atoms with E-state index in [1.54, 1.807) is 24.3 Å². The maximum absolute atomic E-state index is 14.1. The van der Waals surface area contributed by atoms with Crippen LogP contribution in [0.15, 0.2) is 71.3 Å². The van der Waals surface area contributed by atoms with Crippen LogP contribution in [-0.2, 0) is 31.1 Å². The maximum Gasteiger partial charge on any atom is 0.339 e. The Morgan fingerprint density at radius 1 is 1.30 bits per heavy atom. The lowest BCUT2D eigenvalue weighted by Gasteiger charge is -2.33. The Labute approximate surface area is 171 Å². The second kappa shape index (κ2) is 7.04. The van der Waals surface area contributed by atoms with Crippen molar-refractivity contribution in [3.05, 3.63) is 88.3 Å². The molecule has 1 spiro atoms. The molecule has 1 unspecified atom stereocenters. The van der Waals surface area contributed by atoms with Gasteiger partial charge >= 0.3 is 5.97 Å². The average Bonchev–Trinajstić information content (AvgIpc) is 2.99. The number of rotatable bonds is 3. The van der Waals surface area contributed by atoms with Crippen molar-refractivity contribution in [2.45, 2.75) is 18.9 Å². The molecule has 0 fully saturated rings. The van der Waals surface area contributed by atoms with E-state index in [4.69, 9.17) is 15.2 Å². The lowest BCUT2D eigenvalue weighted by atomic mass is 9.68. The second-order valence-electron chi connectivity index (χ2n) is 6.84. The van der Waals surface area contributed by atoms with Gasteiger partial charge in [0.05, 0.1) is 0 Å². The Kier molecular flexibility index (Phi) is 4.51. The van der Waals surface area contributed by atoms with Gasteiger partial charge in [0, 0.05) is 11.3 Å². The molecule has 1 amide bonds. The summed E-state index contributed by atoms with van der Waals surface area (Å²) in [6, 6.07) is 14.4. The summed E-state index contributed by atoms with van der Waals surface area (Å²) in [4.78, 5) is 26.3. The monoisotopic (exact) mass is 405 g/mol. The number of nitrogens with one attached hydrogen (secondary N) is 1. The van der Waals surface area contributed by atoms with Crippen LogP contribution in [-0.4, -0.2) is 11.9 Å². The van der Waals surface area contributed by atoms with Crippen molar-refractivity contribution in [1.82, 2.24) is 0 Å². The van der Waals surface area contributed by atoms with Crippen LogP contribution in [0, 0.1) is 17.1 Å². The number of ether oxygens (including phenoxy) is 2. The highest BCUT2D eigenvalue weighted by Gasteiger charge is 2.60. The van der Waals surface area contributed by atoms with E-state index in [1.807, 2.05) is 12.1 Å². The molecule has 0 radical (unpaired) electrons. The Morgan fingerprint density at radius 3 is 2.73 bits per heavy atom. The van der Waals surface area contributed by atoms with Gasteiger partial charge in [0.2, 0.25) is 11.8 Å². The Hall–Kier alpha value is -4.12. The number of fused-ring (bicyclic) bond motifs is 2. The van der Waals surface area contributed by atoms with Crippen LogP contribution in [0.5, 0.6) is 0 Å². The van der Waals surface area contributed by atoms with Gasteiger partial charge in [-0.15, -0.1) is 0 Å². The van der Waals surface area contributed by atoms with Crippen LogP contribution in [0.2, 0.25) is 0 Å². The summed E-state index contributed by atoms with van der Waals surface area (Å²) >= 11 is 0. The van der Waals surface area contributed by atoms with Crippen molar-refractivity contribution >= 4 is 17.6 Å². The highest BCUT2D eigenvalue weighted by Crippen LogP contribution is 2.52. The summed E-state index contributed by atoms with van der Waals surface area (Å²) in [5, 5.41) is 12.4. The molecule has 150 valence electrons. The van der Waals surface area contributed by atoms with Gasteiger partial charge in [-0.25, -0.2) is 9.18 Å². The van der Waals surface area contributed by atoms with E-state index in [9.17, 15) is 19.2 Å². The largest absolute Gasteiger partial charge is 0.457 e. The first-order valence-electron chi connectivity index (χ1n) is 9.01. The molecular weight excluding hydrogens is 389 g/mol. The van der Waals surface area contributed by atoms with E-state index in [0.29, 0.717) is 0 Å². The number of esters is 1. The number of amides is 1. The second-order valence-corrected chi connectivity index (χ2v) is 6.84. The molecule has 0 saturated heterocycles. The molecule has 2 aromatic carbocycles. The van der Waals surface area contributed by atoms with E-state index in [0.717, 1.165) is 11.6 Å². The first kappa shape index (κ1) is 19.2. The van der Waals surface area contributed by atoms with Gasteiger partial charge < -0.3 is 20.5 Å². The molecule has 2 aliphatic rings. The molecule has 2 heterocycles. The molecule has 0 saturated carbocycles. The van der Waals surface area contributed by atoms with Gasteiger partial charge in [-0.05, 0) is 30.7 Å². The van der Waals surface area contributed by atoms with Crippen LogP contribution >= 0.6 is 0 Å². The number of hydrogen-bond donors (Lipinski definition) is 2. The maximum atomic E-state index is 14.1. The molecule has 2 aromatic rings. The smallest absolute Gasteiger partial charge is 0.339 e. The lowest BCUT2D eigenvalue weighted by Crippen LogP contribution is -2.45. The van der Waals surface area contributed by atoms with Gasteiger partial charge in [0.1, 0.15) is 35.4 Å². The van der Waals surface area contributed by atoms with Crippen molar-refractivity contribution < 1.29 is 23.5 Å². The van der Waals surface area contributed by atoms with Gasteiger partial charge in [0.25, 0.3) is 0 Å². The molecular formula is C22H16FN3O4. The molecule has 7 nitrogen and oxygen atoms in total. The molecule has 3 N–H and O–H groups in total. The predicted molar refractivity (Wildman–Crippen MR) is 104 cm³/mol. The minimum absolute atomic E-state index is 0.00294. The van der Waals surface area contributed by atoms with Gasteiger partial charge in [-0.1, -0.05) is 30.3 Å². The normalized spacial score (nSPS) is 19.8. The molecule has 4 rings (SSSR count). The number of nitrogens with two attached hydrogens (primary N) is 1. The molecule has 0 bridgehead atoms. The summed E-state index contributed by atoms with van der Waals surface area (Å²) in [5.41, 5.74) is 4.50. The highest BCUT2D eigenvalue weighted by molar-refractivity contribution is 6.17. The van der Waals surface area contributed by atoms with Crippen LogP contribution < -0.4 is 11.1 Å². The molecule has 0 aromatic heterocycles. The number of nitrogens with zero attached hydrogens (tertiary/aromatic N) is 1. The van der Waals surface area contributed by atoms with E-state index >= 15 is 0 Å². The summed E-state index contributed by atoms with van der Waals surface area (Å²) in [6.45, 7) is 1.37. The quantitative estimate of drug-likeness (QED) is 0.759. The number of allylic oxidation sites excluding steroid dienone is 1. The molecule has 8 heteroatoms. The van der Waals surface area contributed by atoms with Crippen LogP contribution in [0.4, 0.5) is 10.1 Å². The minimum Gasteiger partial charge on any atom is -0.457 e. The zero-order chi connectivity index (χ0) is 21.5. The summed E-state index contributed by atoms with van der Waals surface area (Å²) in [6.07, 6.45) is 0. The number of nitriles is 1. The van der Waals surface area contributed by atoms with E-state index in [2.05, 4.69) is 5.32 Å². The highest BCUT2D eigenvalue weighted by atomic mass is 19.1. The predicted octanol–water partition coefficient (Wildman–Crippen LogP) is 2.76. The van der Waals surface area contributed by atoms with Crippen molar-refractivity contribution in [3.8, 4) is 6.07 Å². The van der Waals surface area contributed by atoms with Crippen LogP contribution in [0.3, 0.4) is 0 Å². The van der Waals surface area contributed by atoms with Gasteiger partial charge in [-0.3, -0.25) is 4.79 Å². The SMILES string of the molecule is CC1=C(C(=O)OCc2ccccc2)C2(C(=O)Nc3ccc(F)cc32)C(C#N)=C(N)O1. The van der Waals surface area contributed by atoms with Gasteiger partial charge in [-0.2, -0.15) is 5.26 Å². The third-order valence-corrected chi connectivity index (χ3v) is 5.11. The standard InChI is InChI=1S/C22H16FN3O4/c1-12-18(20(27)29-11-13-5-3-2-4-6-13)22(16(10-24)19(25)30-12)15-9-14(23)7-8-17(15)26-21(22)28/h2-9H,11,25H2,1H3,(H,26,28).